The van der Waals surface area contributed by atoms with Crippen LogP contribution in [0.2, 0.25) is 0 Å². The first kappa shape index (κ1) is 14.7. The van der Waals surface area contributed by atoms with E-state index in [2.05, 4.69) is 5.32 Å². The minimum atomic E-state index is -1.09. The molecule has 0 bridgehead atoms. The Labute approximate surface area is 106 Å². The van der Waals surface area contributed by atoms with Crippen LogP contribution in [-0.4, -0.2) is 66.1 Å². The molecule has 3 unspecified atom stereocenters. The lowest BCUT2D eigenvalue weighted by atomic mass is 10.2. The van der Waals surface area contributed by atoms with Gasteiger partial charge in [0.05, 0.1) is 12.7 Å². The highest BCUT2D eigenvalue weighted by molar-refractivity contribution is 5.83. The van der Waals surface area contributed by atoms with Crippen molar-refractivity contribution in [1.82, 2.24) is 10.2 Å². The second-order valence-electron chi connectivity index (χ2n) is 4.64. The van der Waals surface area contributed by atoms with E-state index in [9.17, 15) is 14.7 Å². The summed E-state index contributed by atoms with van der Waals surface area (Å²) in [5.41, 5.74) is 0. The maximum atomic E-state index is 11.8. The van der Waals surface area contributed by atoms with Crippen molar-refractivity contribution in [3.8, 4) is 0 Å². The lowest BCUT2D eigenvalue weighted by Gasteiger charge is -2.22. The molecule has 0 aromatic heterocycles. The van der Waals surface area contributed by atoms with Gasteiger partial charge in [-0.3, -0.25) is 0 Å². The summed E-state index contributed by atoms with van der Waals surface area (Å²) in [7, 11) is 1.58. The molecule has 3 atom stereocenters. The highest BCUT2D eigenvalue weighted by Gasteiger charge is 2.38. The number of carboxylic acids is 1. The number of urea groups is 1. The molecule has 0 aromatic rings. The van der Waals surface area contributed by atoms with Crippen LogP contribution >= 0.6 is 0 Å². The summed E-state index contributed by atoms with van der Waals surface area (Å²) in [4.78, 5) is 23.9. The van der Waals surface area contributed by atoms with E-state index in [1.54, 1.807) is 7.11 Å². The van der Waals surface area contributed by atoms with Gasteiger partial charge in [0.15, 0.2) is 0 Å². The number of hydrogen-bond acceptors (Lipinski definition) is 4. The largest absolute Gasteiger partial charge is 0.480 e. The molecule has 0 aromatic carbocycles. The third kappa shape index (κ3) is 3.85. The number of amides is 2. The fraction of sp³-hybridized carbons (Fsp3) is 0.818. The van der Waals surface area contributed by atoms with Crippen molar-refractivity contribution >= 4 is 12.0 Å². The Balaban J connectivity index is 2.47. The summed E-state index contributed by atoms with van der Waals surface area (Å²) < 4.78 is 4.94. The zero-order valence-corrected chi connectivity index (χ0v) is 10.6. The summed E-state index contributed by atoms with van der Waals surface area (Å²) in [6.45, 7) is 2.90. The van der Waals surface area contributed by atoms with Crippen LogP contribution in [0.5, 0.6) is 0 Å². The number of β-amino-alcohol motifs (C(OH)–C–C–N with tert-alkyl or cyclic N) is 1. The van der Waals surface area contributed by atoms with E-state index in [1.807, 2.05) is 6.92 Å². The van der Waals surface area contributed by atoms with Gasteiger partial charge >= 0.3 is 12.0 Å². The average Bonchev–Trinajstić information content (AvgIpc) is 2.69. The Morgan fingerprint density at radius 3 is 2.78 bits per heavy atom. The van der Waals surface area contributed by atoms with Crippen LogP contribution in [0.3, 0.4) is 0 Å². The van der Waals surface area contributed by atoms with Gasteiger partial charge in [0.2, 0.25) is 0 Å². The van der Waals surface area contributed by atoms with Crippen LogP contribution in [0.1, 0.15) is 13.3 Å². The lowest BCUT2D eigenvalue weighted by molar-refractivity contribution is -0.141. The topological polar surface area (TPSA) is 99.1 Å². The number of methoxy groups -OCH3 is 1. The van der Waals surface area contributed by atoms with Crippen LogP contribution < -0.4 is 5.32 Å². The molecule has 1 saturated heterocycles. The molecule has 0 aliphatic carbocycles. The minimum Gasteiger partial charge on any atom is -0.480 e. The monoisotopic (exact) mass is 260 g/mol. The molecule has 1 rings (SSSR count). The maximum Gasteiger partial charge on any atom is 0.326 e. The molecule has 1 aliphatic heterocycles. The third-order valence-electron chi connectivity index (χ3n) is 2.88. The summed E-state index contributed by atoms with van der Waals surface area (Å²) in [5, 5.41) is 21.0. The number of aliphatic carboxylic acids is 1. The number of carbonyl (C=O) groups excluding carboxylic acids is 1. The number of nitrogens with zero attached hydrogens (tertiary/aromatic N) is 1. The van der Waals surface area contributed by atoms with E-state index >= 15 is 0 Å². The standard InChI is InChI=1S/C11H20N2O5/c1-7(6-18-2)4-12-11(17)13-5-8(14)3-9(13)10(15)16/h7-9,14H,3-6H2,1-2H3,(H,12,17)(H,15,16). The van der Waals surface area contributed by atoms with Gasteiger partial charge in [-0.25, -0.2) is 9.59 Å². The molecule has 18 heavy (non-hydrogen) atoms. The van der Waals surface area contributed by atoms with Crippen molar-refractivity contribution in [3.63, 3.8) is 0 Å². The van der Waals surface area contributed by atoms with E-state index in [-0.39, 0.29) is 18.9 Å². The molecule has 7 nitrogen and oxygen atoms in total. The van der Waals surface area contributed by atoms with Gasteiger partial charge in [0, 0.05) is 26.6 Å². The third-order valence-corrected chi connectivity index (χ3v) is 2.88. The van der Waals surface area contributed by atoms with Gasteiger partial charge in [0.1, 0.15) is 6.04 Å². The second-order valence-corrected chi connectivity index (χ2v) is 4.64. The quantitative estimate of drug-likeness (QED) is 0.619. The van der Waals surface area contributed by atoms with E-state index < -0.39 is 24.1 Å². The normalized spacial score (nSPS) is 24.9. The van der Waals surface area contributed by atoms with Gasteiger partial charge in [-0.15, -0.1) is 0 Å². The van der Waals surface area contributed by atoms with Crippen LogP contribution in [0, 0.1) is 5.92 Å². The summed E-state index contributed by atoms with van der Waals surface area (Å²) in [6.07, 6.45) is -0.690. The fourth-order valence-corrected chi connectivity index (χ4v) is 1.98. The zero-order valence-electron chi connectivity index (χ0n) is 10.6. The van der Waals surface area contributed by atoms with Gasteiger partial charge in [-0.2, -0.15) is 0 Å². The van der Waals surface area contributed by atoms with Gasteiger partial charge in [0.25, 0.3) is 0 Å². The molecular weight excluding hydrogens is 240 g/mol. The number of hydrogen-bond donors (Lipinski definition) is 3. The molecule has 7 heteroatoms. The first-order valence-electron chi connectivity index (χ1n) is 5.90. The van der Waals surface area contributed by atoms with Crippen molar-refractivity contribution in [3.05, 3.63) is 0 Å². The molecule has 0 spiro atoms. The number of aliphatic hydroxyl groups is 1. The predicted molar refractivity (Wildman–Crippen MR) is 63.2 cm³/mol. The molecule has 3 N–H and O–H groups in total. The summed E-state index contributed by atoms with van der Waals surface area (Å²) in [6, 6.07) is -1.40. The predicted octanol–water partition coefficient (Wildman–Crippen LogP) is -0.502. The number of nitrogens with one attached hydrogen (secondary N) is 1. The van der Waals surface area contributed by atoms with E-state index in [0.29, 0.717) is 13.2 Å². The first-order chi connectivity index (χ1) is 8.45. The smallest absolute Gasteiger partial charge is 0.326 e. The van der Waals surface area contributed by atoms with Crippen LogP contribution in [0.25, 0.3) is 0 Å². The Morgan fingerprint density at radius 1 is 1.56 bits per heavy atom. The van der Waals surface area contributed by atoms with Gasteiger partial charge in [-0.1, -0.05) is 6.92 Å². The summed E-state index contributed by atoms with van der Waals surface area (Å²) in [5.74, 6) is -0.943. The Morgan fingerprint density at radius 2 is 2.22 bits per heavy atom. The minimum absolute atomic E-state index is 0.0570. The SMILES string of the molecule is COCC(C)CNC(=O)N1CC(O)CC1C(=O)O. The van der Waals surface area contributed by atoms with E-state index in [1.165, 1.54) is 0 Å². The fourth-order valence-electron chi connectivity index (χ4n) is 1.98. The molecule has 2 amide bonds. The van der Waals surface area contributed by atoms with Crippen molar-refractivity contribution < 1.29 is 24.5 Å². The molecule has 1 heterocycles. The molecule has 104 valence electrons. The van der Waals surface area contributed by atoms with Crippen molar-refractivity contribution in [2.75, 3.05) is 26.8 Å². The first-order valence-corrected chi connectivity index (χ1v) is 5.90. The number of likely N-dealkylation sites (tertiary alicyclic amines) is 1. The second kappa shape index (κ2) is 6.55. The molecular formula is C11H20N2O5. The number of rotatable bonds is 5. The molecule has 0 radical (unpaired) electrons. The van der Waals surface area contributed by atoms with E-state index in [4.69, 9.17) is 9.84 Å². The highest BCUT2D eigenvalue weighted by Crippen LogP contribution is 2.18. The Kier molecular flexibility index (Phi) is 5.36. The molecule has 0 saturated carbocycles. The van der Waals surface area contributed by atoms with Crippen LogP contribution in [0.15, 0.2) is 0 Å². The van der Waals surface area contributed by atoms with Gasteiger partial charge < -0.3 is 25.2 Å². The summed E-state index contributed by atoms with van der Waals surface area (Å²) >= 11 is 0. The van der Waals surface area contributed by atoms with Crippen LogP contribution in [-0.2, 0) is 9.53 Å². The van der Waals surface area contributed by atoms with Crippen molar-refractivity contribution in [1.29, 1.82) is 0 Å². The highest BCUT2D eigenvalue weighted by atomic mass is 16.5. The number of aliphatic hydroxyl groups excluding tert-OH is 1. The average molecular weight is 260 g/mol. The number of carbonyl (C=O) groups is 2. The van der Waals surface area contributed by atoms with Crippen molar-refractivity contribution in [2.24, 2.45) is 5.92 Å². The Bertz CT molecular complexity index is 310. The molecule has 1 aliphatic rings. The number of carboxylic acid groups (broad SMARTS) is 1. The number of ether oxygens (including phenoxy) is 1. The van der Waals surface area contributed by atoms with Gasteiger partial charge in [-0.05, 0) is 5.92 Å². The zero-order chi connectivity index (χ0) is 13.7. The van der Waals surface area contributed by atoms with Crippen LogP contribution in [0.4, 0.5) is 4.79 Å². The Hall–Kier alpha value is -1.34. The maximum absolute atomic E-state index is 11.8. The van der Waals surface area contributed by atoms with E-state index in [0.717, 1.165) is 4.90 Å². The lowest BCUT2D eigenvalue weighted by Crippen LogP contribution is -2.47. The van der Waals surface area contributed by atoms with Crippen molar-refractivity contribution in [2.45, 2.75) is 25.5 Å². The molecule has 1 fully saturated rings.